The molecule has 80 valence electrons. The molecule has 1 saturated carbocycles. The average Bonchev–Trinajstić information content (AvgIpc) is 2.24. The fourth-order valence-electron chi connectivity index (χ4n) is 2.97. The average molecular weight is 203 g/mol. The molecule has 2 N–H and O–H groups in total. The van der Waals surface area contributed by atoms with Crippen LogP contribution in [-0.4, -0.2) is 11.6 Å². The highest BCUT2D eigenvalue weighted by atomic mass is 16.5. The monoisotopic (exact) mass is 203 g/mol. The molecule has 3 atom stereocenters. The van der Waals surface area contributed by atoms with Crippen LogP contribution >= 0.6 is 0 Å². The first-order chi connectivity index (χ1) is 7.19. The standard InChI is InChI=1S/C13H17NO/c1-13-8-9(6-7-12(13)14)10-4-2-3-5-11(10)15-13/h2-5,9,12H,6-8,14H2,1H3. The number of benzene rings is 1. The van der Waals surface area contributed by atoms with Crippen LogP contribution in [0.5, 0.6) is 5.75 Å². The maximum atomic E-state index is 6.15. The second-order valence-corrected chi connectivity index (χ2v) is 5.04. The SMILES string of the molecule is CC12CC(CCC1N)c1ccccc1O2. The third-order valence-electron chi connectivity index (χ3n) is 3.96. The molecule has 2 heteroatoms. The maximum absolute atomic E-state index is 6.15. The summed E-state index contributed by atoms with van der Waals surface area (Å²) in [7, 11) is 0. The molecule has 15 heavy (non-hydrogen) atoms. The molecule has 1 aliphatic heterocycles. The first-order valence-corrected chi connectivity index (χ1v) is 5.72. The molecule has 0 aromatic heterocycles. The van der Waals surface area contributed by atoms with E-state index in [2.05, 4.69) is 25.1 Å². The zero-order valence-electron chi connectivity index (χ0n) is 9.07. The molecule has 1 fully saturated rings. The Bertz CT molecular complexity index is 390. The Kier molecular flexibility index (Phi) is 1.84. The van der Waals surface area contributed by atoms with Gasteiger partial charge in [0.05, 0.1) is 0 Å². The van der Waals surface area contributed by atoms with E-state index in [1.165, 1.54) is 12.0 Å². The van der Waals surface area contributed by atoms with E-state index in [4.69, 9.17) is 10.5 Å². The van der Waals surface area contributed by atoms with Crippen LogP contribution < -0.4 is 10.5 Å². The van der Waals surface area contributed by atoms with Crippen molar-refractivity contribution in [3.8, 4) is 5.75 Å². The summed E-state index contributed by atoms with van der Waals surface area (Å²) in [4.78, 5) is 0. The summed E-state index contributed by atoms with van der Waals surface area (Å²) in [5.74, 6) is 1.70. The lowest BCUT2D eigenvalue weighted by Crippen LogP contribution is -2.55. The summed E-state index contributed by atoms with van der Waals surface area (Å²) >= 11 is 0. The Morgan fingerprint density at radius 2 is 2.13 bits per heavy atom. The minimum Gasteiger partial charge on any atom is -0.486 e. The number of rotatable bonds is 0. The Hall–Kier alpha value is -1.02. The molecule has 0 amide bonds. The number of para-hydroxylation sites is 1. The molecule has 0 spiro atoms. The van der Waals surface area contributed by atoms with Gasteiger partial charge in [-0.1, -0.05) is 18.2 Å². The van der Waals surface area contributed by atoms with Crippen molar-refractivity contribution in [2.45, 2.75) is 43.7 Å². The number of hydrogen-bond acceptors (Lipinski definition) is 2. The van der Waals surface area contributed by atoms with Crippen molar-refractivity contribution >= 4 is 0 Å². The third-order valence-corrected chi connectivity index (χ3v) is 3.96. The van der Waals surface area contributed by atoms with Crippen LogP contribution in [0, 0.1) is 0 Å². The molecule has 0 radical (unpaired) electrons. The Balaban J connectivity index is 2.07. The van der Waals surface area contributed by atoms with E-state index in [-0.39, 0.29) is 11.6 Å². The number of hydrogen-bond donors (Lipinski definition) is 1. The molecule has 1 heterocycles. The molecule has 2 nitrogen and oxygen atoms in total. The smallest absolute Gasteiger partial charge is 0.123 e. The third kappa shape index (κ3) is 1.28. The van der Waals surface area contributed by atoms with Gasteiger partial charge in [-0.25, -0.2) is 0 Å². The van der Waals surface area contributed by atoms with E-state index in [1.807, 2.05) is 6.07 Å². The molecule has 3 unspecified atom stereocenters. The van der Waals surface area contributed by atoms with E-state index in [1.54, 1.807) is 0 Å². The fraction of sp³-hybridized carbons (Fsp3) is 0.538. The van der Waals surface area contributed by atoms with Gasteiger partial charge in [-0.15, -0.1) is 0 Å². The summed E-state index contributed by atoms with van der Waals surface area (Å²) in [5.41, 5.74) is 7.39. The molecule has 3 rings (SSSR count). The molecule has 0 saturated heterocycles. The van der Waals surface area contributed by atoms with E-state index < -0.39 is 0 Å². The number of nitrogens with two attached hydrogens (primary N) is 1. The molecular formula is C13H17NO. The molecule has 1 aromatic rings. The van der Waals surface area contributed by atoms with Crippen LogP contribution in [0.2, 0.25) is 0 Å². The molecule has 2 bridgehead atoms. The van der Waals surface area contributed by atoms with E-state index in [9.17, 15) is 0 Å². The van der Waals surface area contributed by atoms with Crippen molar-refractivity contribution in [1.29, 1.82) is 0 Å². The fourth-order valence-corrected chi connectivity index (χ4v) is 2.97. The van der Waals surface area contributed by atoms with Gasteiger partial charge < -0.3 is 10.5 Å². The quantitative estimate of drug-likeness (QED) is 0.703. The van der Waals surface area contributed by atoms with Gasteiger partial charge in [0, 0.05) is 6.04 Å². The van der Waals surface area contributed by atoms with Gasteiger partial charge in [0.15, 0.2) is 0 Å². The Morgan fingerprint density at radius 3 is 3.00 bits per heavy atom. The van der Waals surface area contributed by atoms with Crippen molar-refractivity contribution in [3.63, 3.8) is 0 Å². The van der Waals surface area contributed by atoms with Gasteiger partial charge in [0.1, 0.15) is 11.4 Å². The zero-order chi connectivity index (χ0) is 10.5. The van der Waals surface area contributed by atoms with Gasteiger partial charge in [-0.05, 0) is 43.7 Å². The lowest BCUT2D eigenvalue weighted by atomic mass is 9.71. The minimum atomic E-state index is -0.142. The van der Waals surface area contributed by atoms with Crippen LogP contribution in [-0.2, 0) is 0 Å². The predicted molar refractivity (Wildman–Crippen MR) is 60.0 cm³/mol. The van der Waals surface area contributed by atoms with Gasteiger partial charge in [-0.2, -0.15) is 0 Å². The summed E-state index contributed by atoms with van der Waals surface area (Å²) in [6.45, 7) is 2.15. The topological polar surface area (TPSA) is 35.2 Å². The van der Waals surface area contributed by atoms with Crippen molar-refractivity contribution in [3.05, 3.63) is 29.8 Å². The van der Waals surface area contributed by atoms with E-state index >= 15 is 0 Å². The predicted octanol–water partition coefficient (Wildman–Crippen LogP) is 2.43. The summed E-state index contributed by atoms with van der Waals surface area (Å²) < 4.78 is 6.08. The molecule has 2 aliphatic rings. The number of fused-ring (bicyclic) bond motifs is 4. The number of ether oxygens (including phenoxy) is 1. The second-order valence-electron chi connectivity index (χ2n) is 5.04. The zero-order valence-corrected chi connectivity index (χ0v) is 9.07. The highest BCUT2D eigenvalue weighted by Gasteiger charge is 2.45. The Morgan fingerprint density at radius 1 is 1.33 bits per heavy atom. The van der Waals surface area contributed by atoms with Crippen LogP contribution in [0.3, 0.4) is 0 Å². The molecule has 1 aromatic carbocycles. The normalized spacial score (nSPS) is 38.0. The first kappa shape index (κ1) is 9.22. The van der Waals surface area contributed by atoms with Crippen molar-refractivity contribution in [1.82, 2.24) is 0 Å². The highest BCUT2D eigenvalue weighted by Crippen LogP contribution is 2.47. The second kappa shape index (κ2) is 2.99. The summed E-state index contributed by atoms with van der Waals surface area (Å²) in [6.07, 6.45) is 3.36. The van der Waals surface area contributed by atoms with Crippen LogP contribution in [0.4, 0.5) is 0 Å². The Labute approximate surface area is 90.4 Å². The van der Waals surface area contributed by atoms with Crippen LogP contribution in [0.1, 0.15) is 37.7 Å². The lowest BCUT2D eigenvalue weighted by Gasteiger charge is -2.47. The lowest BCUT2D eigenvalue weighted by molar-refractivity contribution is 0.00298. The van der Waals surface area contributed by atoms with E-state index in [0.717, 1.165) is 18.6 Å². The molecule has 1 aliphatic carbocycles. The highest BCUT2D eigenvalue weighted by molar-refractivity contribution is 5.40. The van der Waals surface area contributed by atoms with Crippen molar-refractivity contribution < 1.29 is 4.74 Å². The van der Waals surface area contributed by atoms with Gasteiger partial charge >= 0.3 is 0 Å². The van der Waals surface area contributed by atoms with Crippen LogP contribution in [0.15, 0.2) is 24.3 Å². The van der Waals surface area contributed by atoms with Crippen molar-refractivity contribution in [2.24, 2.45) is 5.73 Å². The van der Waals surface area contributed by atoms with Gasteiger partial charge in [-0.3, -0.25) is 0 Å². The summed E-state index contributed by atoms with van der Waals surface area (Å²) in [5, 5.41) is 0. The minimum absolute atomic E-state index is 0.142. The van der Waals surface area contributed by atoms with Crippen LogP contribution in [0.25, 0.3) is 0 Å². The van der Waals surface area contributed by atoms with E-state index in [0.29, 0.717) is 5.92 Å². The van der Waals surface area contributed by atoms with Gasteiger partial charge in [0.25, 0.3) is 0 Å². The van der Waals surface area contributed by atoms with Crippen molar-refractivity contribution in [2.75, 3.05) is 0 Å². The van der Waals surface area contributed by atoms with Gasteiger partial charge in [0.2, 0.25) is 0 Å². The summed E-state index contributed by atoms with van der Waals surface area (Å²) in [6, 6.07) is 8.57. The molecular weight excluding hydrogens is 186 g/mol. The first-order valence-electron chi connectivity index (χ1n) is 5.72. The maximum Gasteiger partial charge on any atom is 0.123 e. The largest absolute Gasteiger partial charge is 0.486 e.